The molecule has 0 saturated heterocycles. The number of methoxy groups -OCH3 is 5. The largest absolute Gasteiger partial charge is 0.497 e. The highest BCUT2D eigenvalue weighted by atomic mass is 16.5. The van der Waals surface area contributed by atoms with E-state index >= 15 is 0 Å². The first kappa shape index (κ1) is 58.7. The molecule has 0 atom stereocenters. The number of para-hydroxylation sites is 2. The number of ether oxygens (including phenoxy) is 6. The van der Waals surface area contributed by atoms with Crippen LogP contribution in [0.1, 0.15) is 33.4 Å². The van der Waals surface area contributed by atoms with Crippen molar-refractivity contribution in [3.8, 4) is 17.2 Å². The summed E-state index contributed by atoms with van der Waals surface area (Å²) in [5.74, 6) is 2.70. The van der Waals surface area contributed by atoms with E-state index in [0.29, 0.717) is 13.2 Å². The lowest BCUT2D eigenvalue weighted by atomic mass is 10.1. The first-order chi connectivity index (χ1) is 36.0. The van der Waals surface area contributed by atoms with Crippen molar-refractivity contribution >= 4 is 24.3 Å². The van der Waals surface area contributed by atoms with Gasteiger partial charge in [-0.05, 0) is 46.5 Å². The van der Waals surface area contributed by atoms with Crippen LogP contribution in [0.25, 0.3) is 24.3 Å². The maximum atomic E-state index is 5.77. The molecule has 0 bridgehead atoms. The highest BCUT2D eigenvalue weighted by Crippen LogP contribution is 2.21. The molecule has 386 valence electrons. The van der Waals surface area contributed by atoms with Crippen molar-refractivity contribution in [2.75, 3.05) is 108 Å². The van der Waals surface area contributed by atoms with Crippen LogP contribution >= 0.6 is 0 Å². The Morgan fingerprint density at radius 3 is 1.32 bits per heavy atom. The van der Waals surface area contributed by atoms with Crippen LogP contribution in [0.15, 0.2) is 201 Å². The maximum absolute atomic E-state index is 5.77. The SMILES string of the molecule is C=CCOc1ccccc1CN(C/C=C/c1ccccc1)CCOC.COCCN(C/C=C/c1ccccc1)C/C=C/c1ccccc1OC.COCCN(C/C=C/c1ccccc1)Cc1ccc(OC)cc1. The summed E-state index contributed by atoms with van der Waals surface area (Å²) in [5, 5.41) is 0. The summed E-state index contributed by atoms with van der Waals surface area (Å²) >= 11 is 0. The normalized spacial score (nSPS) is 11.3. The zero-order chi connectivity index (χ0) is 51.8. The average molecular weight is 986 g/mol. The smallest absolute Gasteiger partial charge is 0.126 e. The lowest BCUT2D eigenvalue weighted by molar-refractivity contribution is 0.150. The lowest BCUT2D eigenvalue weighted by Crippen LogP contribution is -2.27. The molecule has 9 nitrogen and oxygen atoms in total. The molecule has 0 N–H and O–H groups in total. The molecule has 6 aromatic rings. The van der Waals surface area contributed by atoms with Gasteiger partial charge < -0.3 is 28.4 Å². The molecule has 0 amide bonds. The van der Waals surface area contributed by atoms with E-state index in [4.69, 9.17) is 28.4 Å². The molecule has 0 radical (unpaired) electrons. The van der Waals surface area contributed by atoms with Crippen molar-refractivity contribution in [3.63, 3.8) is 0 Å². The third-order valence-corrected chi connectivity index (χ3v) is 11.3. The van der Waals surface area contributed by atoms with E-state index in [9.17, 15) is 0 Å². The monoisotopic (exact) mass is 986 g/mol. The molecule has 0 aliphatic heterocycles. The van der Waals surface area contributed by atoms with Crippen LogP contribution in [-0.2, 0) is 27.3 Å². The molecule has 0 unspecified atom stereocenters. The lowest BCUT2D eigenvalue weighted by Gasteiger charge is -2.22. The quantitative estimate of drug-likeness (QED) is 0.0411. The average Bonchev–Trinajstić information content (AvgIpc) is 3.44. The molecule has 0 spiro atoms. The highest BCUT2D eigenvalue weighted by Gasteiger charge is 2.10. The predicted molar refractivity (Wildman–Crippen MR) is 306 cm³/mol. The fourth-order valence-corrected chi connectivity index (χ4v) is 7.38. The standard InChI is InChI=1S/2C22H27NO2.C20H25NO2/c1-24-19-18-23(16-8-12-20-10-4-3-5-11-20)17-9-14-21-13-6-7-15-22(21)25-2;1-3-17-25-22-14-8-7-13-21(22)19-23(16-18-24-2)15-9-12-20-10-5-4-6-11-20;1-22-16-15-21(14-6-9-18-7-4-3-5-8-18)17-19-10-12-20(23-2)13-11-19/h3-15H,16-19H2,1-2H3;3-14H,1,15-19H2,2H3;3-13H,14-17H2,1-2H3/b12-8+,14-9+;12-9+;9-6+. The van der Waals surface area contributed by atoms with Gasteiger partial charge in [0.25, 0.3) is 0 Å². The second-order valence-electron chi connectivity index (χ2n) is 16.8. The fourth-order valence-electron chi connectivity index (χ4n) is 7.38. The minimum absolute atomic E-state index is 0.517. The van der Waals surface area contributed by atoms with Crippen LogP contribution < -0.4 is 14.2 Å². The summed E-state index contributed by atoms with van der Waals surface area (Å²) in [6, 6.07) is 55.5. The Morgan fingerprint density at radius 2 is 0.836 bits per heavy atom. The second kappa shape index (κ2) is 37.9. The zero-order valence-corrected chi connectivity index (χ0v) is 44.0. The predicted octanol–water partition coefficient (Wildman–Crippen LogP) is 12.6. The van der Waals surface area contributed by atoms with Crippen LogP contribution in [0.3, 0.4) is 0 Å². The molecule has 0 fully saturated rings. The van der Waals surface area contributed by atoms with Crippen molar-refractivity contribution < 1.29 is 28.4 Å². The van der Waals surface area contributed by atoms with Gasteiger partial charge in [-0.1, -0.05) is 201 Å². The summed E-state index contributed by atoms with van der Waals surface area (Å²) in [4.78, 5) is 7.05. The van der Waals surface area contributed by atoms with E-state index in [1.54, 1.807) is 41.6 Å². The van der Waals surface area contributed by atoms with Gasteiger partial charge in [-0.3, -0.25) is 14.7 Å². The molecule has 9 heteroatoms. The van der Waals surface area contributed by atoms with Gasteiger partial charge in [0.2, 0.25) is 0 Å². The van der Waals surface area contributed by atoms with Gasteiger partial charge in [0.15, 0.2) is 0 Å². The summed E-state index contributed by atoms with van der Waals surface area (Å²) in [6.07, 6.45) is 19.1. The highest BCUT2D eigenvalue weighted by molar-refractivity contribution is 5.57. The first-order valence-corrected chi connectivity index (χ1v) is 25.0. The molecule has 0 aliphatic carbocycles. The van der Waals surface area contributed by atoms with Crippen molar-refractivity contribution in [2.24, 2.45) is 0 Å². The number of rotatable bonds is 30. The van der Waals surface area contributed by atoms with Crippen molar-refractivity contribution in [2.45, 2.75) is 13.1 Å². The van der Waals surface area contributed by atoms with E-state index in [2.05, 4.69) is 167 Å². The van der Waals surface area contributed by atoms with Crippen molar-refractivity contribution in [1.29, 1.82) is 0 Å². The fraction of sp³-hybridized carbons (Fsp3) is 0.281. The van der Waals surface area contributed by atoms with Gasteiger partial charge in [0.05, 0.1) is 34.0 Å². The zero-order valence-electron chi connectivity index (χ0n) is 44.0. The van der Waals surface area contributed by atoms with Gasteiger partial charge in [0.1, 0.15) is 23.9 Å². The van der Waals surface area contributed by atoms with E-state index in [-0.39, 0.29) is 0 Å². The molecule has 6 aromatic carbocycles. The van der Waals surface area contributed by atoms with Crippen LogP contribution in [0, 0.1) is 0 Å². The van der Waals surface area contributed by atoms with Crippen molar-refractivity contribution in [3.05, 3.63) is 234 Å². The topological polar surface area (TPSA) is 65.1 Å². The molecule has 6 rings (SSSR count). The Hall–Kier alpha value is -6.82. The summed E-state index contributed by atoms with van der Waals surface area (Å²) in [7, 11) is 8.60. The van der Waals surface area contributed by atoms with Gasteiger partial charge in [-0.2, -0.15) is 0 Å². The number of benzene rings is 6. The third-order valence-electron chi connectivity index (χ3n) is 11.3. The van der Waals surface area contributed by atoms with Crippen LogP contribution in [0.4, 0.5) is 0 Å². The molecule has 0 saturated carbocycles. The van der Waals surface area contributed by atoms with Crippen LogP contribution in [-0.4, -0.2) is 122 Å². The molecular weight excluding hydrogens is 907 g/mol. The molecular formula is C64H79N3O6. The van der Waals surface area contributed by atoms with E-state index in [1.165, 1.54) is 27.8 Å². The maximum Gasteiger partial charge on any atom is 0.126 e. The molecule has 0 aliphatic rings. The summed E-state index contributed by atoms with van der Waals surface area (Å²) in [6.45, 7) is 14.3. The van der Waals surface area contributed by atoms with Gasteiger partial charge in [0, 0.05) is 91.4 Å². The van der Waals surface area contributed by atoms with Gasteiger partial charge in [-0.15, -0.1) is 0 Å². The Bertz CT molecular complexity index is 2440. The van der Waals surface area contributed by atoms with E-state index in [1.807, 2.05) is 66.7 Å². The molecule has 0 heterocycles. The van der Waals surface area contributed by atoms with Gasteiger partial charge in [-0.25, -0.2) is 0 Å². The van der Waals surface area contributed by atoms with Crippen LogP contribution in [0.5, 0.6) is 17.2 Å². The number of nitrogens with zero attached hydrogens (tertiary/aromatic N) is 3. The Morgan fingerprint density at radius 1 is 0.411 bits per heavy atom. The number of hydrogen-bond acceptors (Lipinski definition) is 9. The molecule has 0 aromatic heterocycles. The van der Waals surface area contributed by atoms with E-state index in [0.717, 1.165) is 94.9 Å². The summed E-state index contributed by atoms with van der Waals surface area (Å²) in [5.41, 5.74) is 7.20. The minimum Gasteiger partial charge on any atom is -0.497 e. The third kappa shape index (κ3) is 25.4. The van der Waals surface area contributed by atoms with Crippen LogP contribution in [0.2, 0.25) is 0 Å². The van der Waals surface area contributed by atoms with Crippen molar-refractivity contribution in [1.82, 2.24) is 14.7 Å². The first-order valence-electron chi connectivity index (χ1n) is 25.0. The second-order valence-corrected chi connectivity index (χ2v) is 16.8. The Balaban J connectivity index is 0.000000238. The molecule has 73 heavy (non-hydrogen) atoms. The Kier molecular flexibility index (Phi) is 30.5. The van der Waals surface area contributed by atoms with Gasteiger partial charge >= 0.3 is 0 Å². The summed E-state index contributed by atoms with van der Waals surface area (Å²) < 4.78 is 32.1. The minimum atomic E-state index is 0.517. The van der Waals surface area contributed by atoms with E-state index < -0.39 is 0 Å². The Labute approximate surface area is 437 Å². The number of hydrogen-bond donors (Lipinski definition) is 0.